The highest BCUT2D eigenvalue weighted by molar-refractivity contribution is 7.99. The zero-order chi connectivity index (χ0) is 30.1. The van der Waals surface area contributed by atoms with Crippen LogP contribution in [-0.4, -0.2) is 82.7 Å². The van der Waals surface area contributed by atoms with Gasteiger partial charge in [0.05, 0.1) is 42.1 Å². The molecular formula is C29H39ClN6O5S. The van der Waals surface area contributed by atoms with Crippen LogP contribution >= 0.6 is 23.4 Å². The third-order valence-corrected chi connectivity index (χ3v) is 9.79. The smallest absolute Gasteiger partial charge is 0.407 e. The SMILES string of the molecule is C[C@@H]1OCC2(CCN(c3cnc(Sc4ccnc(N5CCC(C(=O)O)CC5)c4Cl)cn3)CC2)[C@@H]1NC(=O)OC(C)(C)C. The molecule has 3 fully saturated rings. The molecule has 5 rings (SSSR count). The first-order valence-electron chi connectivity index (χ1n) is 14.4. The summed E-state index contributed by atoms with van der Waals surface area (Å²) in [5.41, 5.74) is -0.701. The Kier molecular flexibility index (Phi) is 9.05. The highest BCUT2D eigenvalue weighted by atomic mass is 35.5. The van der Waals surface area contributed by atoms with Gasteiger partial charge >= 0.3 is 12.1 Å². The lowest BCUT2D eigenvalue weighted by Crippen LogP contribution is -2.55. The average Bonchev–Trinajstić information content (AvgIpc) is 3.24. The Bertz CT molecular complexity index is 1280. The van der Waals surface area contributed by atoms with Gasteiger partial charge in [-0.25, -0.2) is 19.7 Å². The van der Waals surface area contributed by atoms with Crippen molar-refractivity contribution in [3.8, 4) is 0 Å². The molecule has 0 unspecified atom stereocenters. The number of halogens is 1. The number of aliphatic carboxylic acids is 1. The number of anilines is 2. The van der Waals surface area contributed by atoms with Gasteiger partial charge in [-0.15, -0.1) is 0 Å². The standard InChI is InChI=1S/C29H39ClN6O5S/c1-18-24(34-27(39)41-28(2,3)4)29(17-40-18)8-13-35(14-9-29)21-15-33-22(16-32-21)42-20-5-10-31-25(23(20)30)36-11-6-19(7-12-36)26(37)38/h5,10,15-16,18-19,24H,6-9,11-14,17H2,1-4H3,(H,34,39)(H,37,38)/t18-,24+/m0/s1. The summed E-state index contributed by atoms with van der Waals surface area (Å²) >= 11 is 8.17. The summed E-state index contributed by atoms with van der Waals surface area (Å²) in [4.78, 5) is 42.8. The monoisotopic (exact) mass is 618 g/mol. The zero-order valence-electron chi connectivity index (χ0n) is 24.5. The Morgan fingerprint density at radius 2 is 1.83 bits per heavy atom. The van der Waals surface area contributed by atoms with Crippen LogP contribution in [0.15, 0.2) is 34.6 Å². The number of pyridine rings is 1. The van der Waals surface area contributed by atoms with Crippen molar-refractivity contribution in [2.45, 2.75) is 81.0 Å². The fourth-order valence-corrected chi connectivity index (χ4v) is 7.11. The van der Waals surface area contributed by atoms with Crippen LogP contribution in [0.4, 0.5) is 16.4 Å². The van der Waals surface area contributed by atoms with Crippen molar-refractivity contribution in [2.75, 3.05) is 42.6 Å². The second-order valence-corrected chi connectivity index (χ2v) is 13.8. The van der Waals surface area contributed by atoms with E-state index < -0.39 is 17.7 Å². The molecule has 13 heteroatoms. The summed E-state index contributed by atoms with van der Waals surface area (Å²) in [7, 11) is 0. The second kappa shape index (κ2) is 12.4. The third kappa shape index (κ3) is 6.86. The van der Waals surface area contributed by atoms with Crippen molar-refractivity contribution in [1.82, 2.24) is 20.3 Å². The highest BCUT2D eigenvalue weighted by Gasteiger charge is 2.50. The maximum absolute atomic E-state index is 12.5. The topological polar surface area (TPSA) is 130 Å². The molecule has 0 radical (unpaired) electrons. The molecule has 11 nitrogen and oxygen atoms in total. The van der Waals surface area contributed by atoms with E-state index in [0.29, 0.717) is 43.4 Å². The van der Waals surface area contributed by atoms with Crippen LogP contribution in [0.1, 0.15) is 53.4 Å². The molecule has 0 saturated carbocycles. The Morgan fingerprint density at radius 3 is 2.45 bits per heavy atom. The Balaban J connectivity index is 1.19. The van der Waals surface area contributed by atoms with Crippen molar-refractivity contribution >= 4 is 47.1 Å². The number of rotatable bonds is 6. The summed E-state index contributed by atoms with van der Waals surface area (Å²) in [5, 5.41) is 13.6. The van der Waals surface area contributed by atoms with Crippen LogP contribution < -0.4 is 15.1 Å². The van der Waals surface area contributed by atoms with E-state index in [1.165, 1.54) is 11.8 Å². The van der Waals surface area contributed by atoms with E-state index in [2.05, 4.69) is 20.2 Å². The maximum atomic E-state index is 12.5. The highest BCUT2D eigenvalue weighted by Crippen LogP contribution is 2.43. The molecule has 2 aromatic rings. The molecule has 42 heavy (non-hydrogen) atoms. The first-order chi connectivity index (χ1) is 19.9. The number of ether oxygens (including phenoxy) is 2. The molecule has 1 spiro atoms. The quantitative estimate of drug-likeness (QED) is 0.459. The van der Waals surface area contributed by atoms with E-state index in [1.807, 2.05) is 38.7 Å². The fraction of sp³-hybridized carbons (Fsp3) is 0.621. The van der Waals surface area contributed by atoms with Crippen LogP contribution in [0, 0.1) is 11.3 Å². The largest absolute Gasteiger partial charge is 0.481 e. The number of carbonyl (C=O) groups excluding carboxylic acids is 1. The average molecular weight is 619 g/mol. The van der Waals surface area contributed by atoms with Crippen molar-refractivity contribution in [1.29, 1.82) is 0 Å². The first kappa shape index (κ1) is 30.6. The lowest BCUT2D eigenvalue weighted by Gasteiger charge is -2.42. The maximum Gasteiger partial charge on any atom is 0.407 e. The molecule has 0 aromatic carbocycles. The fourth-order valence-electron chi connectivity index (χ4n) is 6.01. The van der Waals surface area contributed by atoms with E-state index in [1.54, 1.807) is 18.6 Å². The number of carbonyl (C=O) groups is 2. The van der Waals surface area contributed by atoms with E-state index >= 15 is 0 Å². The van der Waals surface area contributed by atoms with Crippen molar-refractivity contribution in [3.05, 3.63) is 29.7 Å². The molecule has 0 aliphatic carbocycles. The van der Waals surface area contributed by atoms with E-state index in [-0.39, 0.29) is 23.5 Å². The van der Waals surface area contributed by atoms with Crippen molar-refractivity contribution in [3.63, 3.8) is 0 Å². The number of amides is 1. The Morgan fingerprint density at radius 1 is 1.12 bits per heavy atom. The Labute approximate surface area is 255 Å². The molecule has 2 N–H and O–H groups in total. The minimum absolute atomic E-state index is 0.0859. The second-order valence-electron chi connectivity index (χ2n) is 12.4. The summed E-state index contributed by atoms with van der Waals surface area (Å²) < 4.78 is 11.5. The number of carboxylic acid groups (broad SMARTS) is 1. The number of hydrogen-bond acceptors (Lipinski definition) is 10. The predicted octanol–water partition coefficient (Wildman–Crippen LogP) is 4.88. The van der Waals surface area contributed by atoms with Gasteiger partial charge in [0.1, 0.15) is 22.3 Å². The lowest BCUT2D eigenvalue weighted by atomic mass is 9.73. The molecule has 3 aliphatic heterocycles. The van der Waals surface area contributed by atoms with E-state index in [0.717, 1.165) is 41.7 Å². The number of carboxylic acids is 1. The first-order valence-corrected chi connectivity index (χ1v) is 15.6. The minimum Gasteiger partial charge on any atom is -0.481 e. The van der Waals surface area contributed by atoms with Crippen LogP contribution in [0.3, 0.4) is 0 Å². The van der Waals surface area contributed by atoms with Crippen LogP contribution in [-0.2, 0) is 14.3 Å². The molecule has 0 bridgehead atoms. The van der Waals surface area contributed by atoms with E-state index in [4.69, 9.17) is 26.1 Å². The van der Waals surface area contributed by atoms with Gasteiger partial charge in [-0.2, -0.15) is 0 Å². The molecule has 5 heterocycles. The number of nitrogens with one attached hydrogen (secondary N) is 1. The lowest BCUT2D eigenvalue weighted by molar-refractivity contribution is -0.142. The van der Waals surface area contributed by atoms with Gasteiger partial charge in [0.2, 0.25) is 0 Å². The van der Waals surface area contributed by atoms with Gasteiger partial charge in [-0.1, -0.05) is 23.4 Å². The van der Waals surface area contributed by atoms with Gasteiger partial charge in [-0.3, -0.25) is 4.79 Å². The molecular weight excluding hydrogens is 580 g/mol. The van der Waals surface area contributed by atoms with Gasteiger partial charge < -0.3 is 29.7 Å². The number of piperidine rings is 2. The van der Waals surface area contributed by atoms with Crippen molar-refractivity contribution < 1.29 is 24.2 Å². The number of nitrogens with zero attached hydrogens (tertiary/aromatic N) is 5. The number of aromatic nitrogens is 3. The molecule has 3 aliphatic rings. The third-order valence-electron chi connectivity index (χ3n) is 8.33. The van der Waals surface area contributed by atoms with Crippen molar-refractivity contribution in [2.24, 2.45) is 11.3 Å². The summed E-state index contributed by atoms with van der Waals surface area (Å²) in [5.74, 6) is 0.412. The van der Waals surface area contributed by atoms with Crippen LogP contribution in [0.2, 0.25) is 5.02 Å². The Hall–Kier alpha value is -2.83. The van der Waals surface area contributed by atoms with Crippen LogP contribution in [0.25, 0.3) is 0 Å². The van der Waals surface area contributed by atoms with E-state index in [9.17, 15) is 14.7 Å². The van der Waals surface area contributed by atoms with Gasteiger partial charge in [0, 0.05) is 42.7 Å². The van der Waals surface area contributed by atoms with Gasteiger partial charge in [0.25, 0.3) is 0 Å². The molecule has 2 aromatic heterocycles. The molecule has 2 atom stereocenters. The van der Waals surface area contributed by atoms with Gasteiger partial charge in [0.15, 0.2) is 0 Å². The molecule has 1 amide bonds. The molecule has 228 valence electrons. The summed E-state index contributed by atoms with van der Waals surface area (Å²) in [6, 6.07) is 1.74. The number of hydrogen-bond donors (Lipinski definition) is 2. The summed E-state index contributed by atoms with van der Waals surface area (Å²) in [6.07, 6.45) is 7.63. The summed E-state index contributed by atoms with van der Waals surface area (Å²) in [6.45, 7) is 11.0. The zero-order valence-corrected chi connectivity index (χ0v) is 26.1. The van der Waals surface area contributed by atoms with Crippen LogP contribution in [0.5, 0.6) is 0 Å². The minimum atomic E-state index is -0.745. The predicted molar refractivity (Wildman–Crippen MR) is 160 cm³/mol. The normalized spacial score (nSPS) is 22.8. The van der Waals surface area contributed by atoms with Gasteiger partial charge in [-0.05, 0) is 59.4 Å². The number of alkyl carbamates (subject to hydrolysis) is 1. The molecule has 3 saturated heterocycles.